The van der Waals surface area contributed by atoms with Crippen molar-refractivity contribution in [1.82, 2.24) is 0 Å². The average molecular weight is 352 g/mol. The Labute approximate surface area is 152 Å². The van der Waals surface area contributed by atoms with Crippen molar-refractivity contribution in [1.29, 1.82) is 0 Å². The quantitative estimate of drug-likeness (QED) is 0.860. The van der Waals surface area contributed by atoms with Crippen LogP contribution in [0.15, 0.2) is 53.5 Å². The third-order valence-corrected chi connectivity index (χ3v) is 4.16. The first-order valence-electron chi connectivity index (χ1n) is 8.40. The van der Waals surface area contributed by atoms with Crippen molar-refractivity contribution < 1.29 is 14.3 Å². The minimum absolute atomic E-state index is 0.00268. The van der Waals surface area contributed by atoms with Crippen LogP contribution >= 0.6 is 0 Å². The van der Waals surface area contributed by atoms with Gasteiger partial charge in [0.15, 0.2) is 0 Å². The molecule has 1 aliphatic heterocycles. The van der Waals surface area contributed by atoms with E-state index in [9.17, 15) is 14.3 Å². The van der Waals surface area contributed by atoms with Crippen molar-refractivity contribution in [3.8, 4) is 5.75 Å². The van der Waals surface area contributed by atoms with Crippen molar-refractivity contribution in [2.75, 3.05) is 11.9 Å². The molecule has 0 radical (unpaired) electrons. The van der Waals surface area contributed by atoms with Gasteiger partial charge < -0.3 is 10.4 Å². The number of carbonyl (C=O) groups is 1. The fraction of sp³-hybridized carbons (Fsp3) is 0.238. The molecule has 26 heavy (non-hydrogen) atoms. The number of carbonyl (C=O) groups excluding carboxylic acids is 1. The zero-order chi connectivity index (χ0) is 18.9. The third kappa shape index (κ3) is 3.82. The van der Waals surface area contributed by atoms with E-state index in [0.717, 1.165) is 16.8 Å². The largest absolute Gasteiger partial charge is 0.507 e. The van der Waals surface area contributed by atoms with E-state index in [1.807, 2.05) is 51.1 Å². The summed E-state index contributed by atoms with van der Waals surface area (Å²) in [5.41, 5.74) is 3.15. The van der Waals surface area contributed by atoms with Crippen molar-refractivity contribution >= 4 is 22.9 Å². The molecule has 2 aromatic carbocycles. The number of aromatic hydroxyl groups is 1. The number of allylic oxidation sites excluding steroid dienone is 1. The average Bonchev–Trinajstić information content (AvgIpc) is 3.06. The predicted octanol–water partition coefficient (Wildman–Crippen LogP) is 4.40. The molecular formula is C21H21FN2O2. The molecule has 1 heterocycles. The molecule has 0 atom stereocenters. The van der Waals surface area contributed by atoms with Gasteiger partial charge in [0.1, 0.15) is 11.6 Å². The minimum atomic E-state index is -0.456. The van der Waals surface area contributed by atoms with Gasteiger partial charge in [-0.1, -0.05) is 32.9 Å². The Kier molecular flexibility index (Phi) is 4.64. The van der Waals surface area contributed by atoms with Gasteiger partial charge in [0, 0.05) is 16.7 Å². The summed E-state index contributed by atoms with van der Waals surface area (Å²) in [6.45, 7) is 6.04. The Balaban J connectivity index is 1.77. The summed E-state index contributed by atoms with van der Waals surface area (Å²) in [7, 11) is 0. The standard InChI is InChI=1S/C21H21FN2O2/c1-21(2,3)20(26)24-16-7-4-13(5-8-16)14-10-18(23-12-14)17-11-15(22)6-9-19(17)25/h4-11,25H,12H2,1-3H3,(H,24,26). The molecule has 2 aromatic rings. The van der Waals surface area contributed by atoms with Crippen LogP contribution < -0.4 is 5.32 Å². The normalized spacial score (nSPS) is 14.0. The number of amides is 1. The van der Waals surface area contributed by atoms with Crippen LogP contribution in [0.4, 0.5) is 10.1 Å². The lowest BCUT2D eigenvalue weighted by molar-refractivity contribution is -0.123. The van der Waals surface area contributed by atoms with Gasteiger partial charge in [-0.05, 0) is 47.5 Å². The monoisotopic (exact) mass is 352 g/mol. The number of phenols is 1. The van der Waals surface area contributed by atoms with Gasteiger partial charge >= 0.3 is 0 Å². The van der Waals surface area contributed by atoms with Gasteiger partial charge in [0.05, 0.1) is 12.3 Å². The number of nitrogens with zero attached hydrogens (tertiary/aromatic N) is 1. The number of benzene rings is 2. The minimum Gasteiger partial charge on any atom is -0.507 e. The van der Waals surface area contributed by atoms with Crippen LogP contribution in [0.3, 0.4) is 0 Å². The molecule has 0 aliphatic carbocycles. The third-order valence-electron chi connectivity index (χ3n) is 4.16. The van der Waals surface area contributed by atoms with Gasteiger partial charge in [0.25, 0.3) is 0 Å². The Morgan fingerprint density at radius 3 is 2.50 bits per heavy atom. The molecule has 0 saturated carbocycles. The van der Waals surface area contributed by atoms with E-state index in [-0.39, 0.29) is 11.7 Å². The van der Waals surface area contributed by atoms with Crippen LogP contribution in [0.1, 0.15) is 31.9 Å². The van der Waals surface area contributed by atoms with Gasteiger partial charge in [-0.25, -0.2) is 4.39 Å². The summed E-state index contributed by atoms with van der Waals surface area (Å²) in [5.74, 6) is -0.457. The Morgan fingerprint density at radius 1 is 1.15 bits per heavy atom. The number of hydrogen-bond acceptors (Lipinski definition) is 3. The van der Waals surface area contributed by atoms with Gasteiger partial charge in [0.2, 0.25) is 5.91 Å². The lowest BCUT2D eigenvalue weighted by atomic mass is 9.95. The second-order valence-corrected chi connectivity index (χ2v) is 7.31. The maximum Gasteiger partial charge on any atom is 0.229 e. The lowest BCUT2D eigenvalue weighted by Gasteiger charge is -2.17. The highest BCUT2D eigenvalue weighted by Crippen LogP contribution is 2.27. The molecule has 0 saturated heterocycles. The maximum absolute atomic E-state index is 13.4. The van der Waals surface area contributed by atoms with Crippen LogP contribution in [0.5, 0.6) is 5.75 Å². The van der Waals surface area contributed by atoms with E-state index in [1.54, 1.807) is 0 Å². The molecule has 1 amide bonds. The molecule has 1 aliphatic rings. The molecule has 5 heteroatoms. The summed E-state index contributed by atoms with van der Waals surface area (Å²) < 4.78 is 13.4. The van der Waals surface area contributed by atoms with Gasteiger partial charge in [-0.2, -0.15) is 0 Å². The zero-order valence-electron chi connectivity index (χ0n) is 15.0. The van der Waals surface area contributed by atoms with E-state index >= 15 is 0 Å². The number of phenolic OH excluding ortho intramolecular Hbond substituents is 1. The van der Waals surface area contributed by atoms with Crippen molar-refractivity contribution in [2.45, 2.75) is 20.8 Å². The van der Waals surface area contributed by atoms with Gasteiger partial charge in [-0.3, -0.25) is 9.79 Å². The molecule has 0 unspecified atom stereocenters. The lowest BCUT2D eigenvalue weighted by Crippen LogP contribution is -2.27. The molecular weight excluding hydrogens is 331 g/mol. The Hall–Kier alpha value is -2.95. The highest BCUT2D eigenvalue weighted by molar-refractivity contribution is 6.16. The van der Waals surface area contributed by atoms with Crippen LogP contribution in [-0.4, -0.2) is 23.3 Å². The van der Waals surface area contributed by atoms with Crippen LogP contribution in [0.25, 0.3) is 5.57 Å². The summed E-state index contributed by atoms with van der Waals surface area (Å²) in [6.07, 6.45) is 1.84. The number of halogens is 1. The van der Waals surface area contributed by atoms with E-state index < -0.39 is 11.2 Å². The van der Waals surface area contributed by atoms with Crippen LogP contribution in [0.2, 0.25) is 0 Å². The number of aliphatic imine (C=N–C) groups is 1. The molecule has 0 fully saturated rings. The first-order chi connectivity index (χ1) is 12.2. The van der Waals surface area contributed by atoms with Crippen molar-refractivity contribution in [3.05, 3.63) is 65.5 Å². The fourth-order valence-electron chi connectivity index (χ4n) is 2.56. The Bertz CT molecular complexity index is 907. The zero-order valence-corrected chi connectivity index (χ0v) is 15.0. The summed E-state index contributed by atoms with van der Waals surface area (Å²) in [6, 6.07) is 11.3. The molecule has 0 spiro atoms. The number of nitrogens with one attached hydrogen (secondary N) is 1. The first-order valence-corrected chi connectivity index (χ1v) is 8.40. The van der Waals surface area contributed by atoms with E-state index in [0.29, 0.717) is 17.8 Å². The van der Waals surface area contributed by atoms with Crippen LogP contribution in [0, 0.1) is 11.2 Å². The number of hydrogen-bond donors (Lipinski definition) is 2. The van der Waals surface area contributed by atoms with E-state index in [4.69, 9.17) is 0 Å². The van der Waals surface area contributed by atoms with E-state index in [1.165, 1.54) is 18.2 Å². The second-order valence-electron chi connectivity index (χ2n) is 7.31. The molecule has 3 rings (SSSR count). The summed E-state index contributed by atoms with van der Waals surface area (Å²) in [4.78, 5) is 16.4. The first kappa shape index (κ1) is 17.9. The SMILES string of the molecule is CC(C)(C)C(=O)Nc1ccc(C2=CC(c3cc(F)ccc3O)=NC2)cc1. The molecule has 134 valence electrons. The van der Waals surface area contributed by atoms with Gasteiger partial charge in [-0.15, -0.1) is 0 Å². The van der Waals surface area contributed by atoms with Crippen molar-refractivity contribution in [2.24, 2.45) is 10.4 Å². The topological polar surface area (TPSA) is 61.7 Å². The maximum atomic E-state index is 13.4. The second kappa shape index (κ2) is 6.75. The summed E-state index contributed by atoms with van der Waals surface area (Å²) in [5, 5.41) is 12.8. The predicted molar refractivity (Wildman–Crippen MR) is 102 cm³/mol. The highest BCUT2D eigenvalue weighted by atomic mass is 19.1. The van der Waals surface area contributed by atoms with Crippen LogP contribution in [-0.2, 0) is 4.79 Å². The molecule has 4 nitrogen and oxygen atoms in total. The number of anilines is 1. The molecule has 2 N–H and O–H groups in total. The van der Waals surface area contributed by atoms with E-state index in [2.05, 4.69) is 10.3 Å². The Morgan fingerprint density at radius 2 is 1.85 bits per heavy atom. The molecule has 0 aromatic heterocycles. The van der Waals surface area contributed by atoms with Crippen molar-refractivity contribution in [3.63, 3.8) is 0 Å². The number of rotatable bonds is 3. The smallest absolute Gasteiger partial charge is 0.229 e. The molecule has 0 bridgehead atoms. The summed E-state index contributed by atoms with van der Waals surface area (Å²) >= 11 is 0. The fourth-order valence-corrected chi connectivity index (χ4v) is 2.56. The highest BCUT2D eigenvalue weighted by Gasteiger charge is 2.21.